The minimum atomic E-state index is -3.72. The third-order valence-corrected chi connectivity index (χ3v) is 4.54. The number of sulfonamides is 1. The zero-order valence-corrected chi connectivity index (χ0v) is 12.8. The van der Waals surface area contributed by atoms with Crippen LogP contribution in [0.15, 0.2) is 17.0 Å². The molecule has 0 unspecified atom stereocenters. The highest BCUT2D eigenvalue weighted by Crippen LogP contribution is 2.25. The van der Waals surface area contributed by atoms with E-state index in [1.54, 1.807) is 0 Å². The Kier molecular flexibility index (Phi) is 4.27. The van der Waals surface area contributed by atoms with Gasteiger partial charge >= 0.3 is 0 Å². The Morgan fingerprint density at radius 3 is 2.26 bits per heavy atom. The second-order valence-electron chi connectivity index (χ2n) is 5.94. The summed E-state index contributed by atoms with van der Waals surface area (Å²) in [5.41, 5.74) is 5.84. The van der Waals surface area contributed by atoms with E-state index >= 15 is 0 Å². The van der Waals surface area contributed by atoms with Crippen molar-refractivity contribution in [3.8, 4) is 0 Å². The summed E-state index contributed by atoms with van der Waals surface area (Å²) in [7, 11) is -2.24. The molecule has 0 fully saturated rings. The Morgan fingerprint density at radius 1 is 1.32 bits per heavy atom. The average molecular weight is 288 g/mol. The molecular formula is C13H21FN2O2S. The monoisotopic (exact) mass is 288 g/mol. The van der Waals surface area contributed by atoms with Gasteiger partial charge in [0.15, 0.2) is 0 Å². The molecule has 19 heavy (non-hydrogen) atoms. The van der Waals surface area contributed by atoms with Gasteiger partial charge in [-0.15, -0.1) is 0 Å². The van der Waals surface area contributed by atoms with E-state index < -0.39 is 15.8 Å². The third kappa shape index (κ3) is 3.67. The SMILES string of the molecule is Cc1c(N)cc(S(=O)(=O)N(C)CC(C)(C)C)cc1F. The Bertz CT molecular complexity index is 554. The first kappa shape index (κ1) is 15.9. The lowest BCUT2D eigenvalue weighted by Gasteiger charge is -2.26. The van der Waals surface area contributed by atoms with Gasteiger partial charge < -0.3 is 5.73 Å². The van der Waals surface area contributed by atoms with E-state index in [9.17, 15) is 12.8 Å². The quantitative estimate of drug-likeness (QED) is 0.869. The van der Waals surface area contributed by atoms with E-state index in [1.165, 1.54) is 24.3 Å². The molecule has 0 heterocycles. The summed E-state index contributed by atoms with van der Waals surface area (Å²) in [4.78, 5) is -0.111. The van der Waals surface area contributed by atoms with E-state index in [2.05, 4.69) is 0 Å². The van der Waals surface area contributed by atoms with Crippen LogP contribution in [0.5, 0.6) is 0 Å². The summed E-state index contributed by atoms with van der Waals surface area (Å²) in [6, 6.07) is 2.31. The van der Waals surface area contributed by atoms with E-state index in [-0.39, 0.29) is 21.6 Å². The highest BCUT2D eigenvalue weighted by Gasteiger charge is 2.26. The van der Waals surface area contributed by atoms with Crippen LogP contribution < -0.4 is 5.73 Å². The molecule has 0 radical (unpaired) electrons. The fourth-order valence-corrected chi connectivity index (χ4v) is 3.20. The largest absolute Gasteiger partial charge is 0.398 e. The highest BCUT2D eigenvalue weighted by atomic mass is 32.2. The fraction of sp³-hybridized carbons (Fsp3) is 0.538. The molecule has 4 nitrogen and oxygen atoms in total. The number of nitrogens with zero attached hydrogens (tertiary/aromatic N) is 1. The van der Waals surface area contributed by atoms with Gasteiger partial charge in [0.1, 0.15) is 5.82 Å². The molecule has 2 N–H and O–H groups in total. The first-order valence-corrected chi connectivity index (χ1v) is 7.41. The second kappa shape index (κ2) is 5.09. The van der Waals surface area contributed by atoms with Gasteiger partial charge in [0, 0.05) is 24.8 Å². The van der Waals surface area contributed by atoms with E-state index in [0.29, 0.717) is 6.54 Å². The molecule has 1 aromatic carbocycles. The molecule has 0 aromatic heterocycles. The normalized spacial score (nSPS) is 13.0. The number of anilines is 1. The van der Waals surface area contributed by atoms with Crippen LogP contribution in [-0.4, -0.2) is 26.3 Å². The van der Waals surface area contributed by atoms with Gasteiger partial charge in [-0.3, -0.25) is 0 Å². The molecule has 0 saturated heterocycles. The molecule has 108 valence electrons. The molecule has 0 aliphatic rings. The Balaban J connectivity index is 3.21. The first-order chi connectivity index (χ1) is 8.45. The zero-order valence-electron chi connectivity index (χ0n) is 12.0. The average Bonchev–Trinajstić information content (AvgIpc) is 2.22. The molecule has 0 bridgehead atoms. The summed E-state index contributed by atoms with van der Waals surface area (Å²) in [5.74, 6) is -0.609. The standard InChI is InChI=1S/C13H21FN2O2S/c1-9-11(14)6-10(7-12(9)15)19(17,18)16(5)8-13(2,3)4/h6-7H,8,15H2,1-5H3. The summed E-state index contributed by atoms with van der Waals surface area (Å²) in [6.07, 6.45) is 0. The number of benzene rings is 1. The molecule has 1 rings (SSSR count). The van der Waals surface area contributed by atoms with Gasteiger partial charge in [-0.05, 0) is 24.5 Å². The van der Waals surface area contributed by atoms with Crippen LogP contribution in [-0.2, 0) is 10.0 Å². The van der Waals surface area contributed by atoms with Gasteiger partial charge in [-0.25, -0.2) is 17.1 Å². The van der Waals surface area contributed by atoms with Crippen molar-refractivity contribution in [3.63, 3.8) is 0 Å². The topological polar surface area (TPSA) is 63.4 Å². The number of hydrogen-bond acceptors (Lipinski definition) is 3. The molecule has 0 atom stereocenters. The van der Waals surface area contributed by atoms with Crippen LogP contribution in [0.4, 0.5) is 10.1 Å². The maximum absolute atomic E-state index is 13.6. The Hall–Kier alpha value is -1.14. The highest BCUT2D eigenvalue weighted by molar-refractivity contribution is 7.89. The van der Waals surface area contributed by atoms with Crippen molar-refractivity contribution in [3.05, 3.63) is 23.5 Å². The van der Waals surface area contributed by atoms with Crippen molar-refractivity contribution in [2.24, 2.45) is 5.41 Å². The summed E-state index contributed by atoms with van der Waals surface area (Å²) >= 11 is 0. The van der Waals surface area contributed by atoms with Crippen molar-refractivity contribution in [1.82, 2.24) is 4.31 Å². The summed E-state index contributed by atoms with van der Waals surface area (Å²) < 4.78 is 39.5. The number of nitrogen functional groups attached to an aromatic ring is 1. The van der Waals surface area contributed by atoms with Crippen molar-refractivity contribution >= 4 is 15.7 Å². The van der Waals surface area contributed by atoms with Crippen LogP contribution in [0.3, 0.4) is 0 Å². The fourth-order valence-electron chi connectivity index (χ4n) is 1.76. The maximum Gasteiger partial charge on any atom is 0.243 e. The predicted molar refractivity (Wildman–Crippen MR) is 74.8 cm³/mol. The Morgan fingerprint density at radius 2 is 1.84 bits per heavy atom. The van der Waals surface area contributed by atoms with E-state index in [0.717, 1.165) is 6.07 Å². The van der Waals surface area contributed by atoms with Gasteiger partial charge in [-0.1, -0.05) is 20.8 Å². The van der Waals surface area contributed by atoms with Crippen molar-refractivity contribution in [2.45, 2.75) is 32.6 Å². The second-order valence-corrected chi connectivity index (χ2v) is 7.99. The number of halogens is 1. The number of nitrogens with two attached hydrogens (primary N) is 1. The lowest BCUT2D eigenvalue weighted by molar-refractivity contribution is 0.310. The molecule has 0 amide bonds. The van der Waals surface area contributed by atoms with Crippen LogP contribution in [0.25, 0.3) is 0 Å². The van der Waals surface area contributed by atoms with E-state index in [4.69, 9.17) is 5.73 Å². The van der Waals surface area contributed by atoms with E-state index in [1.807, 2.05) is 20.8 Å². The van der Waals surface area contributed by atoms with Gasteiger partial charge in [-0.2, -0.15) is 0 Å². The van der Waals surface area contributed by atoms with Crippen LogP contribution in [0.1, 0.15) is 26.3 Å². The Labute approximate surface area is 114 Å². The minimum Gasteiger partial charge on any atom is -0.398 e. The van der Waals surface area contributed by atoms with Crippen molar-refractivity contribution in [1.29, 1.82) is 0 Å². The van der Waals surface area contributed by atoms with Crippen LogP contribution in [0.2, 0.25) is 0 Å². The smallest absolute Gasteiger partial charge is 0.243 e. The van der Waals surface area contributed by atoms with Gasteiger partial charge in [0.25, 0.3) is 0 Å². The lowest BCUT2D eigenvalue weighted by Crippen LogP contribution is -2.34. The van der Waals surface area contributed by atoms with Crippen LogP contribution in [0, 0.1) is 18.2 Å². The predicted octanol–water partition coefficient (Wildman–Crippen LogP) is 2.38. The molecule has 0 aliphatic carbocycles. The summed E-state index contributed by atoms with van der Waals surface area (Å²) in [5, 5.41) is 0. The molecule has 6 heteroatoms. The zero-order chi connectivity index (χ0) is 15.0. The summed E-state index contributed by atoms with van der Waals surface area (Å²) in [6.45, 7) is 7.65. The van der Waals surface area contributed by atoms with Gasteiger partial charge in [0.05, 0.1) is 4.90 Å². The lowest BCUT2D eigenvalue weighted by atomic mass is 9.97. The molecular weight excluding hydrogens is 267 g/mol. The maximum atomic E-state index is 13.6. The van der Waals surface area contributed by atoms with Crippen molar-refractivity contribution < 1.29 is 12.8 Å². The third-order valence-electron chi connectivity index (χ3n) is 2.76. The first-order valence-electron chi connectivity index (χ1n) is 5.97. The number of rotatable bonds is 3. The minimum absolute atomic E-state index is 0.111. The molecule has 0 saturated carbocycles. The van der Waals surface area contributed by atoms with Crippen LogP contribution >= 0.6 is 0 Å². The molecule has 1 aromatic rings. The van der Waals surface area contributed by atoms with Gasteiger partial charge in [0.2, 0.25) is 10.0 Å². The molecule has 0 aliphatic heterocycles. The molecule has 0 spiro atoms. The van der Waals surface area contributed by atoms with Crippen molar-refractivity contribution in [2.75, 3.05) is 19.3 Å². The number of hydrogen-bond donors (Lipinski definition) is 1.